The molecule has 0 fully saturated rings. The number of hydrogen-bond acceptors (Lipinski definition) is 8. The Kier molecular flexibility index (Phi) is 6.28. The Morgan fingerprint density at radius 2 is 1.91 bits per heavy atom. The van der Waals surface area contributed by atoms with Gasteiger partial charge in [0.1, 0.15) is 22.9 Å². The van der Waals surface area contributed by atoms with Crippen LogP contribution < -0.4 is 15.8 Å². The van der Waals surface area contributed by atoms with Gasteiger partial charge in [-0.2, -0.15) is 13.2 Å². The zero-order chi connectivity index (χ0) is 25.5. The van der Waals surface area contributed by atoms with Gasteiger partial charge in [0.2, 0.25) is 5.88 Å². The highest BCUT2D eigenvalue weighted by Gasteiger charge is 2.53. The number of carbonyl (C=O) groups is 1. The van der Waals surface area contributed by atoms with Crippen molar-refractivity contribution in [3.8, 4) is 5.88 Å². The van der Waals surface area contributed by atoms with Crippen LogP contribution in [0.5, 0.6) is 5.88 Å². The molecule has 34 heavy (non-hydrogen) atoms. The molecule has 0 aliphatic carbocycles. The lowest BCUT2D eigenvalue weighted by atomic mass is 9.93. The van der Waals surface area contributed by atoms with Gasteiger partial charge in [-0.15, -0.1) is 0 Å². The highest BCUT2D eigenvalue weighted by molar-refractivity contribution is 7.93. The number of benzene rings is 1. The second kappa shape index (κ2) is 8.45. The van der Waals surface area contributed by atoms with E-state index in [9.17, 15) is 35.2 Å². The van der Waals surface area contributed by atoms with Crippen LogP contribution in [0.4, 0.5) is 27.6 Å². The van der Waals surface area contributed by atoms with Gasteiger partial charge in [-0.1, -0.05) is 0 Å². The van der Waals surface area contributed by atoms with Crippen molar-refractivity contribution in [3.63, 3.8) is 0 Å². The number of nitrogens with zero attached hydrogens (tertiary/aromatic N) is 3. The van der Waals surface area contributed by atoms with Crippen LogP contribution in [0.3, 0.4) is 0 Å². The quantitative estimate of drug-likeness (QED) is 0.594. The van der Waals surface area contributed by atoms with Gasteiger partial charge in [0.05, 0.1) is 18.1 Å². The molecule has 9 nitrogen and oxygen atoms in total. The minimum atomic E-state index is -4.58. The molecule has 1 amide bonds. The molecule has 0 bridgehead atoms. The molecule has 3 N–H and O–H groups in total. The van der Waals surface area contributed by atoms with Gasteiger partial charge in [-0.3, -0.25) is 9.79 Å². The summed E-state index contributed by atoms with van der Waals surface area (Å²) in [5, 5.41) is -0.539. The summed E-state index contributed by atoms with van der Waals surface area (Å²) >= 11 is 0. The number of anilines is 1. The maximum absolute atomic E-state index is 14.6. The summed E-state index contributed by atoms with van der Waals surface area (Å²) in [6.45, 7) is 0.407. The van der Waals surface area contributed by atoms with Gasteiger partial charge >= 0.3 is 6.18 Å². The smallest absolute Gasteiger partial charge is 0.422 e. The minimum absolute atomic E-state index is 0.00146. The van der Waals surface area contributed by atoms with Gasteiger partial charge in [-0.05, 0) is 32.0 Å². The Morgan fingerprint density at radius 1 is 1.24 bits per heavy atom. The van der Waals surface area contributed by atoms with Crippen molar-refractivity contribution in [2.24, 2.45) is 10.7 Å². The summed E-state index contributed by atoms with van der Waals surface area (Å²) in [6, 6.07) is 3.21. The number of nitrogens with one attached hydrogen (secondary N) is 1. The molecule has 15 heteroatoms. The largest absolute Gasteiger partial charge is 0.467 e. The van der Waals surface area contributed by atoms with Crippen LogP contribution in [-0.4, -0.2) is 53.7 Å². The molecular formula is C19H18F5N5O4S. The first-order valence-electron chi connectivity index (χ1n) is 9.44. The normalized spacial score (nSPS) is 24.3. The lowest BCUT2D eigenvalue weighted by molar-refractivity contribution is -0.154. The number of nitrogens with two attached hydrogens (primary N) is 1. The Labute approximate surface area is 190 Å². The second-order valence-corrected chi connectivity index (χ2v) is 10.0. The fourth-order valence-corrected chi connectivity index (χ4v) is 4.67. The summed E-state index contributed by atoms with van der Waals surface area (Å²) in [7, 11) is -4.46. The number of alkyl halides is 4. The molecule has 2 heterocycles. The maximum atomic E-state index is 14.6. The number of amides is 1. The Hall–Kier alpha value is -3.36. The summed E-state index contributed by atoms with van der Waals surface area (Å²) in [5.41, 5.74) is 3.17. The van der Waals surface area contributed by atoms with Crippen LogP contribution in [0.15, 0.2) is 35.6 Å². The zero-order valence-corrected chi connectivity index (χ0v) is 18.5. The number of sulfone groups is 1. The standard InChI is InChI=1S/C19H18F5N5O4S/c1-17(9-34(31,32)18(2,21)16(25)29-17)11-5-10(3-4-12(11)20)28-15(30)13-6-27-14(7-26-13)33-8-19(22,23)24/h3-7H,8-9H2,1-2H3,(H2,25,29)(H,28,30)/t17-,18+/m0/s1. The van der Waals surface area contributed by atoms with Crippen LogP contribution in [0.2, 0.25) is 0 Å². The molecule has 0 saturated heterocycles. The fraction of sp³-hybridized carbons (Fsp3) is 0.368. The van der Waals surface area contributed by atoms with E-state index < -0.39 is 62.4 Å². The van der Waals surface area contributed by atoms with E-state index in [1.165, 1.54) is 6.92 Å². The summed E-state index contributed by atoms with van der Waals surface area (Å²) in [6.07, 6.45) is -2.90. The first-order chi connectivity index (χ1) is 15.5. The molecule has 0 saturated carbocycles. The van der Waals surface area contributed by atoms with Crippen molar-refractivity contribution in [2.75, 3.05) is 17.7 Å². The highest BCUT2D eigenvalue weighted by Crippen LogP contribution is 2.39. The van der Waals surface area contributed by atoms with E-state index in [0.717, 1.165) is 37.5 Å². The Morgan fingerprint density at radius 3 is 2.47 bits per heavy atom. The summed E-state index contributed by atoms with van der Waals surface area (Å²) < 4.78 is 94.8. The topological polar surface area (TPSA) is 137 Å². The lowest BCUT2D eigenvalue weighted by Crippen LogP contribution is -2.54. The third kappa shape index (κ3) is 5.08. The van der Waals surface area contributed by atoms with Crippen LogP contribution in [0.25, 0.3) is 0 Å². The predicted octanol–water partition coefficient (Wildman–Crippen LogP) is 2.50. The maximum Gasteiger partial charge on any atom is 0.422 e. The molecule has 2 aromatic rings. The average Bonchev–Trinajstić information content (AvgIpc) is 2.71. The number of carbonyl (C=O) groups excluding carboxylic acids is 1. The molecule has 1 aliphatic rings. The molecule has 0 radical (unpaired) electrons. The molecule has 184 valence electrons. The Balaban J connectivity index is 1.83. The highest BCUT2D eigenvalue weighted by atomic mass is 32.2. The van der Waals surface area contributed by atoms with Gasteiger partial charge in [0, 0.05) is 11.3 Å². The number of halogens is 5. The molecule has 3 rings (SSSR count). The van der Waals surface area contributed by atoms with Crippen LogP contribution in [0, 0.1) is 5.82 Å². The average molecular weight is 507 g/mol. The number of amidine groups is 1. The van der Waals surface area contributed by atoms with Crippen molar-refractivity contribution in [1.82, 2.24) is 9.97 Å². The van der Waals surface area contributed by atoms with Crippen LogP contribution in [-0.2, 0) is 15.4 Å². The van der Waals surface area contributed by atoms with Crippen LogP contribution in [0.1, 0.15) is 29.9 Å². The van der Waals surface area contributed by atoms with Gasteiger partial charge < -0.3 is 15.8 Å². The van der Waals surface area contributed by atoms with E-state index in [1.807, 2.05) is 0 Å². The fourth-order valence-electron chi connectivity index (χ4n) is 3.08. The van der Waals surface area contributed by atoms with E-state index in [2.05, 4.69) is 25.0 Å². The lowest BCUT2D eigenvalue weighted by Gasteiger charge is -2.35. The van der Waals surface area contributed by atoms with Gasteiger partial charge in [0.15, 0.2) is 16.4 Å². The summed E-state index contributed by atoms with van der Waals surface area (Å²) in [4.78, 5) is 23.5. The molecular weight excluding hydrogens is 489 g/mol. The first kappa shape index (κ1) is 25.3. The first-order valence-corrected chi connectivity index (χ1v) is 11.1. The van der Waals surface area contributed by atoms with Crippen molar-refractivity contribution >= 4 is 27.3 Å². The van der Waals surface area contributed by atoms with Gasteiger partial charge in [-0.25, -0.2) is 27.2 Å². The molecule has 1 aliphatic heterocycles. The number of hydrogen-bond donors (Lipinski definition) is 2. The van der Waals surface area contributed by atoms with Gasteiger partial charge in [0.25, 0.3) is 10.9 Å². The van der Waals surface area contributed by atoms with E-state index >= 15 is 0 Å². The van der Waals surface area contributed by atoms with Crippen molar-refractivity contribution in [2.45, 2.75) is 30.6 Å². The number of aliphatic imine (C=N–C) groups is 1. The second-order valence-electron chi connectivity index (χ2n) is 7.74. The van der Waals surface area contributed by atoms with E-state index in [-0.39, 0.29) is 16.9 Å². The third-order valence-corrected chi connectivity index (χ3v) is 7.25. The zero-order valence-electron chi connectivity index (χ0n) is 17.7. The number of aromatic nitrogens is 2. The monoisotopic (exact) mass is 507 g/mol. The predicted molar refractivity (Wildman–Crippen MR) is 110 cm³/mol. The molecule has 1 aromatic heterocycles. The Bertz CT molecular complexity index is 1250. The molecule has 2 atom stereocenters. The minimum Gasteiger partial charge on any atom is -0.467 e. The van der Waals surface area contributed by atoms with E-state index in [0.29, 0.717) is 0 Å². The number of rotatable bonds is 5. The number of ether oxygens (including phenoxy) is 1. The van der Waals surface area contributed by atoms with E-state index in [1.54, 1.807) is 0 Å². The summed E-state index contributed by atoms with van der Waals surface area (Å²) in [5.74, 6) is -3.90. The van der Waals surface area contributed by atoms with Crippen molar-refractivity contribution < 1.29 is 39.9 Å². The van der Waals surface area contributed by atoms with Crippen molar-refractivity contribution in [3.05, 3.63) is 47.7 Å². The molecule has 0 unspecified atom stereocenters. The molecule has 1 aromatic carbocycles. The SMILES string of the molecule is C[C@]1(F)C(N)=N[C@](C)(c2cc(NC(=O)c3cnc(OCC(F)(F)F)cn3)ccc2F)CS1(=O)=O. The third-order valence-electron chi connectivity index (χ3n) is 4.93. The van der Waals surface area contributed by atoms with E-state index in [4.69, 9.17) is 5.73 Å². The molecule has 0 spiro atoms. The van der Waals surface area contributed by atoms with Crippen molar-refractivity contribution in [1.29, 1.82) is 0 Å². The van der Waals surface area contributed by atoms with Crippen LogP contribution >= 0.6 is 0 Å².